The largest absolute Gasteiger partial charge is 0.428 e. The van der Waals surface area contributed by atoms with Gasteiger partial charge in [0.25, 0.3) is 0 Å². The number of alkyl halides is 6. The summed E-state index contributed by atoms with van der Waals surface area (Å²) >= 11 is 17.7. The average molecular weight is 549 g/mol. The lowest BCUT2D eigenvalue weighted by molar-refractivity contribution is -0.269. The van der Waals surface area contributed by atoms with Gasteiger partial charge in [-0.15, -0.1) is 0 Å². The van der Waals surface area contributed by atoms with E-state index in [1.54, 1.807) is 0 Å². The molecule has 0 aliphatic carbocycles. The molecule has 3 rings (SSSR count). The Kier molecular flexibility index (Phi) is 7.35. The molecule has 1 unspecified atom stereocenters. The molecule has 0 aromatic heterocycles. The second kappa shape index (κ2) is 9.46. The van der Waals surface area contributed by atoms with Gasteiger partial charge in [-0.2, -0.15) is 26.3 Å². The molecular weight excluding hydrogens is 535 g/mol. The van der Waals surface area contributed by atoms with Crippen LogP contribution in [0.2, 0.25) is 15.1 Å². The lowest BCUT2D eigenvalue weighted by Crippen LogP contribution is -2.42. The molecule has 1 aliphatic rings. The fourth-order valence-corrected chi connectivity index (χ4v) is 3.86. The van der Waals surface area contributed by atoms with Gasteiger partial charge in [0.05, 0.1) is 22.8 Å². The maximum atomic E-state index is 14.1. The smallest absolute Gasteiger partial charge is 0.273 e. The predicted octanol–water partition coefficient (Wildman–Crippen LogP) is 6.53. The third kappa shape index (κ3) is 5.55. The third-order valence-corrected chi connectivity index (χ3v) is 5.55. The molecule has 3 N–H and O–H groups in total. The first-order valence-corrected chi connectivity index (χ1v) is 10.4. The zero-order valence-electron chi connectivity index (χ0n) is 16.7. The van der Waals surface area contributed by atoms with Crippen LogP contribution >= 0.6 is 34.8 Å². The molecule has 2 aromatic carbocycles. The van der Waals surface area contributed by atoms with E-state index in [1.807, 2.05) is 0 Å². The zero-order valence-corrected chi connectivity index (χ0v) is 19.0. The zero-order chi connectivity index (χ0) is 25.5. The van der Waals surface area contributed by atoms with Gasteiger partial charge in [-0.3, -0.25) is 15.1 Å². The summed E-state index contributed by atoms with van der Waals surface area (Å²) in [6.45, 7) is 0. The Hall–Kier alpha value is -2.18. The molecule has 0 bridgehead atoms. The minimum atomic E-state index is -4.96. The number of nitrogens with two attached hydrogens (primary N) is 1. The van der Waals surface area contributed by atoms with Crippen molar-refractivity contribution in [2.24, 2.45) is 5.84 Å². The van der Waals surface area contributed by atoms with Gasteiger partial charge in [0.1, 0.15) is 0 Å². The number of carbonyl (C=O) groups is 1. The van der Waals surface area contributed by atoms with Gasteiger partial charge in [0, 0.05) is 27.6 Å². The highest BCUT2D eigenvalue weighted by Crippen LogP contribution is 2.48. The minimum absolute atomic E-state index is 0.0534. The van der Waals surface area contributed by atoms with E-state index in [-0.39, 0.29) is 32.0 Å². The lowest BCUT2D eigenvalue weighted by atomic mass is 9.91. The van der Waals surface area contributed by atoms with Crippen LogP contribution in [0.1, 0.15) is 24.0 Å². The average Bonchev–Trinajstić information content (AvgIpc) is 3.17. The van der Waals surface area contributed by atoms with Gasteiger partial charge < -0.3 is 0 Å². The first-order valence-electron chi connectivity index (χ1n) is 9.27. The number of hydrogen-bond acceptors (Lipinski definition) is 4. The van der Waals surface area contributed by atoms with Crippen LogP contribution < -0.4 is 16.3 Å². The molecular formula is C20H14Cl3F6N3O2. The first-order chi connectivity index (χ1) is 15.6. The molecule has 1 amide bonds. The maximum absolute atomic E-state index is 14.1. The van der Waals surface area contributed by atoms with E-state index >= 15 is 0 Å². The summed E-state index contributed by atoms with van der Waals surface area (Å²) in [6.07, 6.45) is -11.2. The molecule has 5 nitrogen and oxygen atoms in total. The standard InChI is InChI=1S/C20H14Cl3F6N3O2/c21-12-6-11(7-13(22)8-12)18(20(27,28)29)9-15(31-34-18)10-1-2-14(23)16(5-10)32(30)17(33)3-4-19(24,25)26/h1-2,5-9,31H,3-4,30H2. The van der Waals surface area contributed by atoms with Crippen LogP contribution in [-0.2, 0) is 15.2 Å². The number of anilines is 1. The summed E-state index contributed by atoms with van der Waals surface area (Å²) in [4.78, 5) is 17.0. The van der Waals surface area contributed by atoms with E-state index in [0.29, 0.717) is 5.01 Å². The lowest BCUT2D eigenvalue weighted by Gasteiger charge is -2.28. The molecule has 1 atom stereocenters. The fraction of sp³-hybridized carbons (Fsp3) is 0.250. The van der Waals surface area contributed by atoms with Gasteiger partial charge in [-0.1, -0.05) is 40.9 Å². The van der Waals surface area contributed by atoms with Crippen molar-refractivity contribution in [1.82, 2.24) is 5.48 Å². The highest BCUT2D eigenvalue weighted by atomic mass is 35.5. The Balaban J connectivity index is 1.99. The van der Waals surface area contributed by atoms with Crippen molar-refractivity contribution >= 4 is 52.1 Å². The maximum Gasteiger partial charge on any atom is 0.428 e. The van der Waals surface area contributed by atoms with Gasteiger partial charge in [0.15, 0.2) is 0 Å². The van der Waals surface area contributed by atoms with Gasteiger partial charge in [-0.25, -0.2) is 10.9 Å². The van der Waals surface area contributed by atoms with E-state index in [4.69, 9.17) is 45.5 Å². The molecule has 1 aliphatic heterocycles. The summed E-state index contributed by atoms with van der Waals surface area (Å²) in [5.41, 5.74) is -1.53. The number of hydrazine groups is 1. The van der Waals surface area contributed by atoms with Gasteiger partial charge in [-0.05, 0) is 36.4 Å². The molecule has 0 saturated heterocycles. The number of nitrogens with zero attached hydrogens (tertiary/aromatic N) is 1. The summed E-state index contributed by atoms with van der Waals surface area (Å²) < 4.78 is 79.6. The van der Waals surface area contributed by atoms with Crippen LogP contribution in [0, 0.1) is 0 Å². The number of hydrogen-bond donors (Lipinski definition) is 2. The molecule has 2 aromatic rings. The first kappa shape index (κ1) is 26.4. The second-order valence-electron chi connectivity index (χ2n) is 7.20. The van der Waals surface area contributed by atoms with E-state index in [9.17, 15) is 31.1 Å². The van der Waals surface area contributed by atoms with Crippen LogP contribution in [0.15, 0.2) is 42.5 Å². The molecule has 1 heterocycles. The number of carbonyl (C=O) groups excluding carboxylic acids is 1. The number of amides is 1. The van der Waals surface area contributed by atoms with Crippen molar-refractivity contribution in [2.45, 2.75) is 30.8 Å². The molecule has 0 spiro atoms. The molecule has 0 saturated carbocycles. The topological polar surface area (TPSA) is 67.6 Å². The Morgan fingerprint density at radius 3 is 2.21 bits per heavy atom. The van der Waals surface area contributed by atoms with E-state index in [2.05, 4.69) is 5.48 Å². The number of benzene rings is 2. The summed E-state index contributed by atoms with van der Waals surface area (Å²) in [7, 11) is 0. The van der Waals surface area contributed by atoms with E-state index in [0.717, 1.165) is 24.3 Å². The van der Waals surface area contributed by atoms with E-state index in [1.165, 1.54) is 18.2 Å². The van der Waals surface area contributed by atoms with Crippen molar-refractivity contribution in [3.8, 4) is 0 Å². The normalized spacial score (nSPS) is 18.5. The molecule has 14 heteroatoms. The minimum Gasteiger partial charge on any atom is -0.273 e. The predicted molar refractivity (Wildman–Crippen MR) is 115 cm³/mol. The summed E-state index contributed by atoms with van der Waals surface area (Å²) in [6, 6.07) is 6.98. The van der Waals surface area contributed by atoms with Crippen LogP contribution in [0.25, 0.3) is 5.70 Å². The third-order valence-electron chi connectivity index (χ3n) is 4.79. The molecule has 0 radical (unpaired) electrons. The molecule has 0 fully saturated rings. The Labute approximate surface area is 203 Å². The highest BCUT2D eigenvalue weighted by Gasteiger charge is 2.59. The van der Waals surface area contributed by atoms with Crippen molar-refractivity contribution < 1.29 is 36.0 Å². The van der Waals surface area contributed by atoms with Crippen molar-refractivity contribution in [3.63, 3.8) is 0 Å². The molecule has 184 valence electrons. The number of halogens is 9. The second-order valence-corrected chi connectivity index (χ2v) is 8.48. The quantitative estimate of drug-likeness (QED) is 0.193. The number of hydroxylamine groups is 1. The van der Waals surface area contributed by atoms with Gasteiger partial charge >= 0.3 is 12.4 Å². The van der Waals surface area contributed by atoms with Crippen molar-refractivity contribution in [3.05, 3.63) is 68.7 Å². The summed E-state index contributed by atoms with van der Waals surface area (Å²) in [5.74, 6) is 4.54. The monoisotopic (exact) mass is 547 g/mol. The van der Waals surface area contributed by atoms with Crippen LogP contribution in [0.5, 0.6) is 0 Å². The molecule has 34 heavy (non-hydrogen) atoms. The highest BCUT2D eigenvalue weighted by molar-refractivity contribution is 6.35. The Morgan fingerprint density at radius 1 is 1.03 bits per heavy atom. The van der Waals surface area contributed by atoms with Crippen LogP contribution in [-0.4, -0.2) is 18.3 Å². The Morgan fingerprint density at radius 2 is 1.65 bits per heavy atom. The van der Waals surface area contributed by atoms with Crippen molar-refractivity contribution in [2.75, 3.05) is 5.01 Å². The number of nitrogens with one attached hydrogen (secondary N) is 1. The van der Waals surface area contributed by atoms with Crippen LogP contribution in [0.3, 0.4) is 0 Å². The summed E-state index contributed by atoms with van der Waals surface area (Å²) in [5, 5.41) is 0.180. The van der Waals surface area contributed by atoms with Crippen LogP contribution in [0.4, 0.5) is 32.0 Å². The fourth-order valence-electron chi connectivity index (χ4n) is 3.12. The Bertz CT molecular complexity index is 1120. The van der Waals surface area contributed by atoms with Gasteiger partial charge in [0.2, 0.25) is 11.5 Å². The van der Waals surface area contributed by atoms with Crippen molar-refractivity contribution in [1.29, 1.82) is 0 Å². The SMILES string of the molecule is NN(C(=O)CCC(F)(F)F)c1cc(C2=CC(c3cc(Cl)cc(Cl)c3)(C(F)(F)F)ON2)ccc1Cl. The number of rotatable bonds is 5. The van der Waals surface area contributed by atoms with E-state index < -0.39 is 42.3 Å².